The summed E-state index contributed by atoms with van der Waals surface area (Å²) in [5, 5.41) is 12.1. The van der Waals surface area contributed by atoms with Crippen molar-refractivity contribution < 1.29 is 0 Å². The topological polar surface area (TPSA) is 50.7 Å². The molecule has 0 amide bonds. The molecule has 0 bridgehead atoms. The van der Waals surface area contributed by atoms with Crippen LogP contribution in [0.3, 0.4) is 0 Å². The average Bonchev–Trinajstić information content (AvgIpc) is 2.31. The van der Waals surface area contributed by atoms with Gasteiger partial charge in [0.25, 0.3) is 0 Å². The Hall–Kier alpha value is -1.68. The van der Waals surface area contributed by atoms with E-state index < -0.39 is 0 Å². The fraction of sp³-hybridized carbons (Fsp3) is 0.308. The van der Waals surface area contributed by atoms with Gasteiger partial charge in [0.05, 0.1) is 0 Å². The van der Waals surface area contributed by atoms with E-state index in [9.17, 15) is 0 Å². The second-order valence-electron chi connectivity index (χ2n) is 4.38. The molecule has 5 heteroatoms. The van der Waals surface area contributed by atoms with E-state index in [1.807, 2.05) is 31.2 Å². The number of aryl methyl sites for hydroxylation is 1. The summed E-state index contributed by atoms with van der Waals surface area (Å²) in [5.41, 5.74) is 1.65. The van der Waals surface area contributed by atoms with Crippen LogP contribution in [0.15, 0.2) is 24.3 Å². The third-order valence-electron chi connectivity index (χ3n) is 2.36. The number of aromatic nitrogens is 3. The number of hydrogen-bond acceptors (Lipinski definition) is 4. The maximum Gasteiger partial charge on any atom is 0.183 e. The van der Waals surface area contributed by atoms with Crippen LogP contribution in [0.1, 0.15) is 19.5 Å². The second kappa shape index (κ2) is 5.31. The van der Waals surface area contributed by atoms with Crippen LogP contribution < -0.4 is 5.32 Å². The number of rotatable bonds is 3. The SMILES string of the molecule is Cc1nnc(-c2cccc(Cl)c2)nc1NC(C)C. The van der Waals surface area contributed by atoms with E-state index in [0.717, 1.165) is 17.1 Å². The highest BCUT2D eigenvalue weighted by atomic mass is 35.5. The minimum absolute atomic E-state index is 0.299. The van der Waals surface area contributed by atoms with Crippen molar-refractivity contribution in [2.24, 2.45) is 0 Å². The Labute approximate surface area is 111 Å². The van der Waals surface area contributed by atoms with Gasteiger partial charge in [-0.25, -0.2) is 4.98 Å². The monoisotopic (exact) mass is 262 g/mol. The molecule has 1 N–H and O–H groups in total. The number of halogens is 1. The summed E-state index contributed by atoms with van der Waals surface area (Å²) in [7, 11) is 0. The zero-order valence-corrected chi connectivity index (χ0v) is 11.4. The van der Waals surface area contributed by atoms with Crippen molar-refractivity contribution in [2.45, 2.75) is 26.8 Å². The van der Waals surface area contributed by atoms with E-state index in [2.05, 4.69) is 34.3 Å². The Balaban J connectivity index is 2.40. The molecule has 2 aromatic rings. The van der Waals surface area contributed by atoms with Crippen molar-refractivity contribution in [2.75, 3.05) is 5.32 Å². The third kappa shape index (κ3) is 2.96. The first-order chi connectivity index (χ1) is 8.56. The van der Waals surface area contributed by atoms with E-state index in [1.54, 1.807) is 0 Å². The van der Waals surface area contributed by atoms with Gasteiger partial charge in [0.15, 0.2) is 11.6 Å². The fourth-order valence-electron chi connectivity index (χ4n) is 1.54. The molecule has 0 aliphatic carbocycles. The van der Waals surface area contributed by atoms with Crippen LogP contribution in [0, 0.1) is 6.92 Å². The Morgan fingerprint density at radius 3 is 2.67 bits per heavy atom. The lowest BCUT2D eigenvalue weighted by Gasteiger charge is -2.11. The Morgan fingerprint density at radius 1 is 1.22 bits per heavy atom. The van der Waals surface area contributed by atoms with Gasteiger partial charge in [-0.15, -0.1) is 10.2 Å². The van der Waals surface area contributed by atoms with Crippen molar-refractivity contribution in [1.82, 2.24) is 15.2 Å². The molecule has 1 aromatic carbocycles. The molecule has 2 rings (SSSR count). The molecule has 0 atom stereocenters. The van der Waals surface area contributed by atoms with Gasteiger partial charge in [-0.3, -0.25) is 0 Å². The molecule has 4 nitrogen and oxygen atoms in total. The lowest BCUT2D eigenvalue weighted by atomic mass is 10.2. The number of benzene rings is 1. The highest BCUT2D eigenvalue weighted by molar-refractivity contribution is 6.30. The lowest BCUT2D eigenvalue weighted by molar-refractivity contribution is 0.859. The van der Waals surface area contributed by atoms with Crippen LogP contribution >= 0.6 is 11.6 Å². The molecule has 0 fully saturated rings. The van der Waals surface area contributed by atoms with E-state index >= 15 is 0 Å². The Morgan fingerprint density at radius 2 is 2.00 bits per heavy atom. The van der Waals surface area contributed by atoms with Gasteiger partial charge in [0.1, 0.15) is 5.69 Å². The van der Waals surface area contributed by atoms with Crippen molar-refractivity contribution in [3.05, 3.63) is 35.0 Å². The maximum absolute atomic E-state index is 5.96. The van der Waals surface area contributed by atoms with E-state index in [0.29, 0.717) is 16.9 Å². The number of hydrogen-bond donors (Lipinski definition) is 1. The lowest BCUT2D eigenvalue weighted by Crippen LogP contribution is -2.14. The first kappa shape index (κ1) is 12.8. The summed E-state index contributed by atoms with van der Waals surface area (Å²) in [6.07, 6.45) is 0. The molecular formula is C13H15ClN4. The maximum atomic E-state index is 5.96. The first-order valence-electron chi connectivity index (χ1n) is 5.80. The zero-order chi connectivity index (χ0) is 13.1. The summed E-state index contributed by atoms with van der Waals surface area (Å²) in [4.78, 5) is 4.48. The van der Waals surface area contributed by atoms with E-state index in [-0.39, 0.29) is 0 Å². The van der Waals surface area contributed by atoms with E-state index in [4.69, 9.17) is 11.6 Å². The summed E-state index contributed by atoms with van der Waals surface area (Å²) in [5.74, 6) is 1.33. The van der Waals surface area contributed by atoms with Crippen LogP contribution in [-0.4, -0.2) is 21.2 Å². The molecule has 0 saturated heterocycles. The standard InChI is InChI=1S/C13H15ClN4/c1-8(2)15-12-9(3)17-18-13(16-12)10-5-4-6-11(14)7-10/h4-8H,1-3H3,(H,15,16,18). The van der Waals surface area contributed by atoms with Crippen LogP contribution in [0.4, 0.5) is 5.82 Å². The van der Waals surface area contributed by atoms with Crippen molar-refractivity contribution >= 4 is 17.4 Å². The highest BCUT2D eigenvalue weighted by Crippen LogP contribution is 2.20. The van der Waals surface area contributed by atoms with Crippen LogP contribution in [0.25, 0.3) is 11.4 Å². The Kier molecular flexibility index (Phi) is 3.77. The molecule has 0 radical (unpaired) electrons. The minimum Gasteiger partial charge on any atom is -0.366 e. The molecule has 0 aliphatic heterocycles. The molecule has 0 aliphatic rings. The van der Waals surface area contributed by atoms with Gasteiger partial charge in [-0.05, 0) is 32.9 Å². The quantitative estimate of drug-likeness (QED) is 0.922. The van der Waals surface area contributed by atoms with Crippen LogP contribution in [0.2, 0.25) is 5.02 Å². The molecule has 94 valence electrons. The van der Waals surface area contributed by atoms with Gasteiger partial charge >= 0.3 is 0 Å². The van der Waals surface area contributed by atoms with Gasteiger partial charge in [-0.1, -0.05) is 23.7 Å². The normalized spacial score (nSPS) is 10.7. The van der Waals surface area contributed by atoms with Crippen molar-refractivity contribution in [3.63, 3.8) is 0 Å². The number of anilines is 1. The molecular weight excluding hydrogens is 248 g/mol. The van der Waals surface area contributed by atoms with Crippen molar-refractivity contribution in [1.29, 1.82) is 0 Å². The molecule has 0 unspecified atom stereocenters. The number of nitrogens with zero attached hydrogens (tertiary/aromatic N) is 3. The summed E-state index contributed by atoms with van der Waals surface area (Å²) in [6.45, 7) is 5.99. The molecule has 0 saturated carbocycles. The molecule has 0 spiro atoms. The van der Waals surface area contributed by atoms with Crippen molar-refractivity contribution in [3.8, 4) is 11.4 Å². The van der Waals surface area contributed by atoms with Crippen LogP contribution in [-0.2, 0) is 0 Å². The van der Waals surface area contributed by atoms with Gasteiger partial charge in [0.2, 0.25) is 0 Å². The zero-order valence-electron chi connectivity index (χ0n) is 10.6. The summed E-state index contributed by atoms with van der Waals surface area (Å²) >= 11 is 5.96. The molecule has 1 aromatic heterocycles. The van der Waals surface area contributed by atoms with Gasteiger partial charge in [0, 0.05) is 16.6 Å². The molecule has 1 heterocycles. The predicted octanol–water partition coefficient (Wildman–Crippen LogP) is 3.32. The average molecular weight is 263 g/mol. The van der Waals surface area contributed by atoms with Gasteiger partial charge in [-0.2, -0.15) is 0 Å². The second-order valence-corrected chi connectivity index (χ2v) is 4.82. The smallest absolute Gasteiger partial charge is 0.183 e. The van der Waals surface area contributed by atoms with E-state index in [1.165, 1.54) is 0 Å². The predicted molar refractivity (Wildman–Crippen MR) is 73.8 cm³/mol. The third-order valence-corrected chi connectivity index (χ3v) is 2.60. The number of nitrogens with one attached hydrogen (secondary N) is 1. The first-order valence-corrected chi connectivity index (χ1v) is 6.18. The summed E-state index contributed by atoms with van der Waals surface area (Å²) < 4.78 is 0. The Bertz CT molecular complexity index is 554. The summed E-state index contributed by atoms with van der Waals surface area (Å²) in [6, 6.07) is 7.73. The largest absolute Gasteiger partial charge is 0.366 e. The molecule has 18 heavy (non-hydrogen) atoms. The van der Waals surface area contributed by atoms with Gasteiger partial charge < -0.3 is 5.32 Å². The highest BCUT2D eigenvalue weighted by Gasteiger charge is 2.08. The fourth-order valence-corrected chi connectivity index (χ4v) is 1.73. The minimum atomic E-state index is 0.299. The van der Waals surface area contributed by atoms with Crippen LogP contribution in [0.5, 0.6) is 0 Å².